The van der Waals surface area contributed by atoms with E-state index in [-0.39, 0.29) is 42.6 Å². The van der Waals surface area contributed by atoms with Crippen LogP contribution in [0.25, 0.3) is 11.1 Å². The maximum absolute atomic E-state index is 13.6. The van der Waals surface area contributed by atoms with E-state index >= 15 is 0 Å². The Morgan fingerprint density at radius 3 is 2.55 bits per heavy atom. The summed E-state index contributed by atoms with van der Waals surface area (Å²) < 4.78 is 18.0. The summed E-state index contributed by atoms with van der Waals surface area (Å²) >= 11 is 0. The van der Waals surface area contributed by atoms with Crippen LogP contribution in [0.3, 0.4) is 0 Å². The first-order valence-electron chi connectivity index (χ1n) is 14.6. The van der Waals surface area contributed by atoms with Gasteiger partial charge in [-0.05, 0) is 55.4 Å². The summed E-state index contributed by atoms with van der Waals surface area (Å²) in [5, 5.41) is 16.9. The van der Waals surface area contributed by atoms with Crippen LogP contribution in [0.1, 0.15) is 48.9 Å². The van der Waals surface area contributed by atoms with Crippen LogP contribution in [0.15, 0.2) is 48.5 Å². The van der Waals surface area contributed by atoms with E-state index in [1.165, 1.54) is 0 Å². The highest BCUT2D eigenvalue weighted by molar-refractivity contribution is 5.98. The van der Waals surface area contributed by atoms with Gasteiger partial charge in [0.1, 0.15) is 11.9 Å². The van der Waals surface area contributed by atoms with Crippen molar-refractivity contribution in [2.24, 2.45) is 0 Å². The van der Waals surface area contributed by atoms with Gasteiger partial charge in [-0.15, -0.1) is 0 Å². The van der Waals surface area contributed by atoms with Crippen molar-refractivity contribution in [1.29, 1.82) is 0 Å². The normalized spacial score (nSPS) is 30.6. The van der Waals surface area contributed by atoms with Crippen molar-refractivity contribution in [2.75, 3.05) is 32.9 Å². The molecule has 0 radical (unpaired) electrons. The van der Waals surface area contributed by atoms with E-state index in [1.54, 1.807) is 0 Å². The molecule has 3 saturated heterocycles. The second-order valence-electron chi connectivity index (χ2n) is 11.4. The molecule has 4 aliphatic rings. The fourth-order valence-electron chi connectivity index (χ4n) is 6.51. The van der Waals surface area contributed by atoms with Crippen LogP contribution in [0.2, 0.25) is 0 Å². The van der Waals surface area contributed by atoms with Gasteiger partial charge >= 0.3 is 0 Å². The van der Waals surface area contributed by atoms with E-state index in [0.29, 0.717) is 63.4 Å². The molecular formula is C31H39N3O6. The van der Waals surface area contributed by atoms with E-state index in [1.807, 2.05) is 48.5 Å². The van der Waals surface area contributed by atoms with Crippen molar-refractivity contribution in [3.63, 3.8) is 0 Å². The van der Waals surface area contributed by atoms with Crippen LogP contribution >= 0.6 is 0 Å². The van der Waals surface area contributed by atoms with Crippen molar-refractivity contribution >= 4 is 11.8 Å². The molecule has 0 saturated carbocycles. The fraction of sp³-hybridized carbons (Fsp3) is 0.548. The number of rotatable bonds is 2. The number of benzene rings is 2. The number of ether oxygens (including phenoxy) is 3. The molecule has 214 valence electrons. The van der Waals surface area contributed by atoms with E-state index in [4.69, 9.17) is 14.2 Å². The van der Waals surface area contributed by atoms with Gasteiger partial charge in [-0.1, -0.05) is 36.4 Å². The molecule has 2 amide bonds. The Morgan fingerprint density at radius 1 is 0.900 bits per heavy atom. The standard InChI is InChI=1S/C31H39N3O6/c35-27-9-7-24-12-15-39-28-16-21(20-4-2-1-3-5-20)6-8-25(28)30(36)33-22-17-26(31(37)32-18-29(27)40-24)34(19-22)23-10-13-38-14-11-23/h1-6,8,16,22-24,26-27,29,35H,7,9-15,17-19H2,(H,32,37)(H,33,36)/t22-,24-,26-,27-,29+/m0/s1. The van der Waals surface area contributed by atoms with Gasteiger partial charge in [0.05, 0.1) is 30.4 Å². The van der Waals surface area contributed by atoms with Crippen molar-refractivity contribution in [2.45, 2.75) is 75.0 Å². The Kier molecular flexibility index (Phi) is 8.34. The molecule has 4 heterocycles. The van der Waals surface area contributed by atoms with Crippen LogP contribution in [-0.2, 0) is 14.3 Å². The molecule has 0 unspecified atom stereocenters. The first-order chi connectivity index (χ1) is 19.5. The van der Waals surface area contributed by atoms with Gasteiger partial charge < -0.3 is 30.0 Å². The molecule has 3 N–H and O–H groups in total. The van der Waals surface area contributed by atoms with Gasteiger partial charge in [0.2, 0.25) is 5.91 Å². The van der Waals surface area contributed by atoms with Gasteiger partial charge in [0.15, 0.2) is 0 Å². The highest BCUT2D eigenvalue weighted by Crippen LogP contribution is 2.31. The minimum Gasteiger partial charge on any atom is -0.493 e. The number of hydrogen-bond donors (Lipinski definition) is 3. The summed E-state index contributed by atoms with van der Waals surface area (Å²) in [6, 6.07) is 15.4. The summed E-state index contributed by atoms with van der Waals surface area (Å²) in [6.07, 6.45) is 3.01. The van der Waals surface area contributed by atoms with Crippen molar-refractivity contribution in [3.05, 3.63) is 54.1 Å². The lowest BCUT2D eigenvalue weighted by Gasteiger charge is -2.36. The summed E-state index contributed by atoms with van der Waals surface area (Å²) in [5.74, 6) is 0.258. The maximum Gasteiger partial charge on any atom is 0.255 e. The SMILES string of the molecule is O=C1N[C@H]2C[C@@H](C(=O)NC[C@H]3O[C@H](CCOc4cc(-c5ccccc5)ccc41)CC[C@@H]3O)N(C1CCOCC1)C2. The average molecular weight is 550 g/mol. The number of hydrogen-bond acceptors (Lipinski definition) is 7. The number of aliphatic hydroxyl groups excluding tert-OH is 1. The van der Waals surface area contributed by atoms with E-state index < -0.39 is 12.2 Å². The quantitative estimate of drug-likeness (QED) is 0.528. The van der Waals surface area contributed by atoms with Crippen LogP contribution in [0, 0.1) is 0 Å². The molecule has 2 aromatic rings. The van der Waals surface area contributed by atoms with Gasteiger partial charge in [0, 0.05) is 44.8 Å². The summed E-state index contributed by atoms with van der Waals surface area (Å²) in [5.41, 5.74) is 2.50. The van der Waals surface area contributed by atoms with Crippen molar-refractivity contribution in [1.82, 2.24) is 15.5 Å². The smallest absolute Gasteiger partial charge is 0.255 e. The van der Waals surface area contributed by atoms with Gasteiger partial charge in [0.25, 0.3) is 5.91 Å². The third-order valence-corrected chi connectivity index (χ3v) is 8.73. The molecule has 0 aromatic heterocycles. The van der Waals surface area contributed by atoms with Crippen LogP contribution in [0.5, 0.6) is 5.75 Å². The third kappa shape index (κ3) is 6.02. The fourth-order valence-corrected chi connectivity index (χ4v) is 6.51. The number of fused-ring (bicyclic) bond motifs is 5. The molecule has 9 heteroatoms. The van der Waals surface area contributed by atoms with Gasteiger partial charge in [-0.25, -0.2) is 0 Å². The lowest BCUT2D eigenvalue weighted by molar-refractivity contribution is -0.134. The van der Waals surface area contributed by atoms with Crippen LogP contribution in [-0.4, -0.2) is 91.2 Å². The number of carbonyl (C=O) groups excluding carboxylic acids is 2. The number of nitrogens with zero attached hydrogens (tertiary/aromatic N) is 1. The zero-order chi connectivity index (χ0) is 27.5. The van der Waals surface area contributed by atoms with Gasteiger partial charge in [-0.2, -0.15) is 0 Å². The predicted octanol–water partition coefficient (Wildman–Crippen LogP) is 2.51. The topological polar surface area (TPSA) is 109 Å². The Hall–Kier alpha value is -2.98. The lowest BCUT2D eigenvalue weighted by atomic mass is 9.99. The second-order valence-corrected chi connectivity index (χ2v) is 11.4. The Morgan fingerprint density at radius 2 is 1.73 bits per heavy atom. The Balaban J connectivity index is 1.29. The Bertz CT molecular complexity index is 1190. The van der Waals surface area contributed by atoms with Crippen LogP contribution < -0.4 is 15.4 Å². The zero-order valence-electron chi connectivity index (χ0n) is 22.8. The number of aliphatic hydroxyl groups is 1. The minimum absolute atomic E-state index is 0.0792. The summed E-state index contributed by atoms with van der Waals surface area (Å²) in [6.45, 7) is 2.57. The molecular weight excluding hydrogens is 510 g/mol. The molecule has 6 rings (SSSR count). The second kappa shape index (κ2) is 12.3. The predicted molar refractivity (Wildman–Crippen MR) is 149 cm³/mol. The molecule has 4 bridgehead atoms. The van der Waals surface area contributed by atoms with Crippen molar-refractivity contribution in [3.8, 4) is 16.9 Å². The number of nitrogens with one attached hydrogen (secondary N) is 2. The molecule has 3 fully saturated rings. The molecule has 4 aliphatic heterocycles. The van der Waals surface area contributed by atoms with Crippen LogP contribution in [0.4, 0.5) is 0 Å². The Labute approximate surface area is 235 Å². The van der Waals surface area contributed by atoms with E-state index in [0.717, 1.165) is 24.0 Å². The molecule has 0 spiro atoms. The monoisotopic (exact) mass is 549 g/mol. The first-order valence-corrected chi connectivity index (χ1v) is 14.6. The third-order valence-electron chi connectivity index (χ3n) is 8.73. The summed E-state index contributed by atoms with van der Waals surface area (Å²) in [7, 11) is 0. The molecule has 40 heavy (non-hydrogen) atoms. The highest BCUT2D eigenvalue weighted by atomic mass is 16.5. The van der Waals surface area contributed by atoms with Gasteiger partial charge in [-0.3, -0.25) is 14.5 Å². The largest absolute Gasteiger partial charge is 0.493 e. The molecule has 0 aliphatic carbocycles. The highest BCUT2D eigenvalue weighted by Gasteiger charge is 2.42. The number of carbonyl (C=O) groups is 2. The maximum atomic E-state index is 13.6. The molecule has 9 nitrogen and oxygen atoms in total. The summed E-state index contributed by atoms with van der Waals surface area (Å²) in [4.78, 5) is 29.3. The lowest BCUT2D eigenvalue weighted by Crippen LogP contribution is -2.52. The first kappa shape index (κ1) is 27.2. The molecule has 2 aromatic carbocycles. The zero-order valence-corrected chi connectivity index (χ0v) is 22.8. The van der Waals surface area contributed by atoms with Crippen molar-refractivity contribution < 1.29 is 28.9 Å². The average Bonchev–Trinajstić information content (AvgIpc) is 3.41. The van der Waals surface area contributed by atoms with E-state index in [9.17, 15) is 14.7 Å². The minimum atomic E-state index is -0.618. The number of likely N-dealkylation sites (tertiary alicyclic amines) is 1. The van der Waals surface area contributed by atoms with E-state index in [2.05, 4.69) is 15.5 Å². The molecule has 5 atom stereocenters. The number of amides is 2.